The van der Waals surface area contributed by atoms with Gasteiger partial charge in [0.25, 0.3) is 0 Å². The quantitative estimate of drug-likeness (QED) is 0.619. The molecule has 0 aliphatic rings. The van der Waals surface area contributed by atoms with E-state index >= 15 is 0 Å². The first-order chi connectivity index (χ1) is 9.29. The van der Waals surface area contributed by atoms with Gasteiger partial charge < -0.3 is 5.73 Å². The molecule has 102 valence electrons. The fourth-order valence-corrected chi connectivity index (χ4v) is 2.52. The molecule has 0 spiro atoms. The van der Waals surface area contributed by atoms with Gasteiger partial charge >= 0.3 is 0 Å². The monoisotopic (exact) mass is 277 g/mol. The molecule has 2 rings (SSSR count). The fourth-order valence-electron chi connectivity index (χ4n) is 1.69. The van der Waals surface area contributed by atoms with E-state index in [9.17, 15) is 0 Å². The van der Waals surface area contributed by atoms with Gasteiger partial charge in [-0.25, -0.2) is 4.68 Å². The van der Waals surface area contributed by atoms with Crippen LogP contribution in [0.3, 0.4) is 0 Å². The van der Waals surface area contributed by atoms with E-state index in [4.69, 9.17) is 5.73 Å². The molecule has 6 heteroatoms. The fraction of sp³-hybridized carbons (Fsp3) is 0.462. The molecular weight excluding hydrogens is 258 g/mol. The van der Waals surface area contributed by atoms with Crippen molar-refractivity contribution in [1.82, 2.24) is 20.2 Å². The minimum Gasteiger partial charge on any atom is -0.330 e. The number of rotatable bonds is 7. The van der Waals surface area contributed by atoms with E-state index in [0.717, 1.165) is 37.5 Å². The molecule has 0 aliphatic carbocycles. The summed E-state index contributed by atoms with van der Waals surface area (Å²) in [4.78, 5) is 1.24. The van der Waals surface area contributed by atoms with Crippen molar-refractivity contribution in [3.63, 3.8) is 0 Å². The normalized spacial score (nSPS) is 10.8. The Bertz CT molecular complexity index is 494. The van der Waals surface area contributed by atoms with Gasteiger partial charge in [0.15, 0.2) is 5.82 Å². The summed E-state index contributed by atoms with van der Waals surface area (Å²) in [5.74, 6) is 1.71. The Morgan fingerprint density at radius 3 is 2.74 bits per heavy atom. The zero-order valence-corrected chi connectivity index (χ0v) is 11.9. The van der Waals surface area contributed by atoms with Crippen molar-refractivity contribution in [2.24, 2.45) is 5.73 Å². The number of unbranched alkanes of at least 4 members (excludes halogenated alkanes) is 1. The summed E-state index contributed by atoms with van der Waals surface area (Å²) in [7, 11) is 0. The molecule has 0 bridgehead atoms. The lowest BCUT2D eigenvalue weighted by Gasteiger charge is -2.04. The molecule has 0 saturated carbocycles. The lowest BCUT2D eigenvalue weighted by atomic mass is 10.2. The van der Waals surface area contributed by atoms with Crippen LogP contribution in [-0.4, -0.2) is 26.8 Å². The molecule has 0 saturated heterocycles. The highest BCUT2D eigenvalue weighted by molar-refractivity contribution is 7.98. The van der Waals surface area contributed by atoms with Crippen molar-refractivity contribution in [3.8, 4) is 0 Å². The summed E-state index contributed by atoms with van der Waals surface area (Å²) in [6, 6.07) is 8.49. The second-order valence-corrected chi connectivity index (χ2v) is 5.46. The van der Waals surface area contributed by atoms with Gasteiger partial charge in [0.1, 0.15) is 0 Å². The van der Waals surface area contributed by atoms with Crippen LogP contribution in [0, 0.1) is 6.92 Å². The summed E-state index contributed by atoms with van der Waals surface area (Å²) in [5, 5.41) is 11.8. The van der Waals surface area contributed by atoms with Crippen LogP contribution >= 0.6 is 11.8 Å². The van der Waals surface area contributed by atoms with Gasteiger partial charge in [-0.3, -0.25) is 0 Å². The Hall–Kier alpha value is -1.40. The average Bonchev–Trinajstić information content (AvgIpc) is 2.86. The third-order valence-electron chi connectivity index (χ3n) is 2.82. The topological polar surface area (TPSA) is 69.6 Å². The molecule has 0 fully saturated rings. The molecule has 0 amide bonds. The van der Waals surface area contributed by atoms with Crippen molar-refractivity contribution in [2.45, 2.75) is 37.0 Å². The molecule has 19 heavy (non-hydrogen) atoms. The largest absolute Gasteiger partial charge is 0.330 e. The Balaban J connectivity index is 1.88. The Morgan fingerprint density at radius 2 is 2.00 bits per heavy atom. The molecular formula is C13H19N5S. The zero-order chi connectivity index (χ0) is 13.5. The van der Waals surface area contributed by atoms with E-state index < -0.39 is 0 Å². The first kappa shape index (κ1) is 14.0. The summed E-state index contributed by atoms with van der Waals surface area (Å²) < 4.78 is 1.87. The summed E-state index contributed by atoms with van der Waals surface area (Å²) in [6.07, 6.45) is 2.02. The molecule has 0 radical (unpaired) electrons. The van der Waals surface area contributed by atoms with E-state index in [1.807, 2.05) is 4.68 Å². The van der Waals surface area contributed by atoms with Crippen molar-refractivity contribution in [1.29, 1.82) is 0 Å². The number of nitrogens with two attached hydrogens (primary N) is 1. The minimum absolute atomic E-state index is 0.718. The maximum Gasteiger partial charge on any atom is 0.161 e. The van der Waals surface area contributed by atoms with E-state index in [0.29, 0.717) is 0 Å². The second kappa shape index (κ2) is 7.25. The summed E-state index contributed by atoms with van der Waals surface area (Å²) in [5.41, 5.74) is 6.76. The molecule has 1 heterocycles. The summed E-state index contributed by atoms with van der Waals surface area (Å²) >= 11 is 1.75. The molecule has 0 atom stereocenters. The Morgan fingerprint density at radius 1 is 1.21 bits per heavy atom. The van der Waals surface area contributed by atoms with Crippen LogP contribution in [0.1, 0.15) is 24.2 Å². The van der Waals surface area contributed by atoms with Crippen LogP contribution in [-0.2, 0) is 12.3 Å². The lowest BCUT2D eigenvalue weighted by molar-refractivity contribution is 0.532. The number of thioether (sulfide) groups is 1. The van der Waals surface area contributed by atoms with Crippen molar-refractivity contribution in [2.75, 3.05) is 6.54 Å². The third kappa shape index (κ3) is 4.33. The molecule has 0 aliphatic heterocycles. The number of tetrazole rings is 1. The van der Waals surface area contributed by atoms with Gasteiger partial charge in [-0.1, -0.05) is 17.7 Å². The predicted octanol–water partition coefficient (Wildman–Crippen LogP) is 2.01. The highest BCUT2D eigenvalue weighted by atomic mass is 32.2. The standard InChI is InChI=1S/C13H19N5S/c1-11-4-6-12(7-5-11)19-10-13-15-16-17-18(13)9-3-2-8-14/h4-7H,2-3,8-10,14H2,1H3. The van der Waals surface area contributed by atoms with Gasteiger partial charge in [0, 0.05) is 11.4 Å². The first-order valence-corrected chi connectivity index (χ1v) is 7.43. The average molecular weight is 277 g/mol. The summed E-state index contributed by atoms with van der Waals surface area (Å²) in [6.45, 7) is 3.65. The van der Waals surface area contributed by atoms with E-state index in [1.54, 1.807) is 11.8 Å². The van der Waals surface area contributed by atoms with Crippen LogP contribution in [0.2, 0.25) is 0 Å². The Labute approximate surface area is 117 Å². The van der Waals surface area contributed by atoms with Crippen LogP contribution in [0.4, 0.5) is 0 Å². The molecule has 1 aromatic carbocycles. The molecule has 1 aromatic heterocycles. The van der Waals surface area contributed by atoms with Gasteiger partial charge in [0.05, 0.1) is 5.75 Å². The van der Waals surface area contributed by atoms with Crippen molar-refractivity contribution >= 4 is 11.8 Å². The molecule has 5 nitrogen and oxygen atoms in total. The second-order valence-electron chi connectivity index (χ2n) is 4.42. The van der Waals surface area contributed by atoms with Gasteiger partial charge in [0.2, 0.25) is 0 Å². The number of aromatic nitrogens is 4. The SMILES string of the molecule is Cc1ccc(SCc2nnnn2CCCCN)cc1. The maximum absolute atomic E-state index is 5.49. The lowest BCUT2D eigenvalue weighted by Crippen LogP contribution is -2.07. The molecule has 2 N–H and O–H groups in total. The van der Waals surface area contributed by atoms with Gasteiger partial charge in [-0.2, -0.15) is 0 Å². The van der Waals surface area contributed by atoms with Crippen molar-refractivity contribution < 1.29 is 0 Å². The molecule has 2 aromatic rings. The highest BCUT2D eigenvalue weighted by Gasteiger charge is 2.06. The number of nitrogens with zero attached hydrogens (tertiary/aromatic N) is 4. The smallest absolute Gasteiger partial charge is 0.161 e. The number of hydrogen-bond donors (Lipinski definition) is 1. The van der Waals surface area contributed by atoms with Crippen LogP contribution in [0.15, 0.2) is 29.2 Å². The highest BCUT2D eigenvalue weighted by Crippen LogP contribution is 2.21. The minimum atomic E-state index is 0.718. The van der Waals surface area contributed by atoms with Gasteiger partial charge in [-0.05, 0) is 48.9 Å². The maximum atomic E-state index is 5.49. The van der Waals surface area contributed by atoms with Crippen molar-refractivity contribution in [3.05, 3.63) is 35.7 Å². The first-order valence-electron chi connectivity index (χ1n) is 6.44. The van der Waals surface area contributed by atoms with Crippen LogP contribution in [0.5, 0.6) is 0 Å². The van der Waals surface area contributed by atoms with Crippen LogP contribution < -0.4 is 5.73 Å². The zero-order valence-electron chi connectivity index (χ0n) is 11.1. The predicted molar refractivity (Wildman–Crippen MR) is 76.8 cm³/mol. The number of benzene rings is 1. The molecule has 0 unspecified atom stereocenters. The van der Waals surface area contributed by atoms with Crippen LogP contribution in [0.25, 0.3) is 0 Å². The van der Waals surface area contributed by atoms with E-state index in [-0.39, 0.29) is 0 Å². The number of hydrogen-bond acceptors (Lipinski definition) is 5. The van der Waals surface area contributed by atoms with Gasteiger partial charge in [-0.15, -0.1) is 16.9 Å². The van der Waals surface area contributed by atoms with E-state index in [1.165, 1.54) is 10.5 Å². The third-order valence-corrected chi connectivity index (χ3v) is 3.83. The van der Waals surface area contributed by atoms with E-state index in [2.05, 4.69) is 46.7 Å². The number of aryl methyl sites for hydroxylation is 2. The Kier molecular flexibility index (Phi) is 5.35.